The predicted octanol–water partition coefficient (Wildman–Crippen LogP) is 2.26. The van der Waals surface area contributed by atoms with E-state index in [-0.39, 0.29) is 17.7 Å². The lowest BCUT2D eigenvalue weighted by molar-refractivity contribution is -0.0270. The van der Waals surface area contributed by atoms with Gasteiger partial charge in [0.15, 0.2) is 11.5 Å². The molecule has 0 bridgehead atoms. The van der Waals surface area contributed by atoms with E-state index in [9.17, 15) is 4.79 Å². The van der Waals surface area contributed by atoms with Crippen LogP contribution in [0, 0.1) is 6.92 Å². The Kier molecular flexibility index (Phi) is 5.11. The average molecular weight is 350 g/mol. The summed E-state index contributed by atoms with van der Waals surface area (Å²) in [7, 11) is 0. The number of carbonyl (C=O) groups is 1. The van der Waals surface area contributed by atoms with Crippen molar-refractivity contribution in [1.82, 2.24) is 24.6 Å². The number of morpholine rings is 1. The lowest BCUT2D eigenvalue weighted by atomic mass is 10.2. The van der Waals surface area contributed by atoms with Crippen LogP contribution in [-0.2, 0) is 11.3 Å². The molecule has 7 nitrogen and oxygen atoms in total. The number of ether oxygens (including phenoxy) is 1. The molecule has 8 heteroatoms. The van der Waals surface area contributed by atoms with Crippen LogP contribution >= 0.6 is 11.6 Å². The molecule has 0 aromatic carbocycles. The van der Waals surface area contributed by atoms with Crippen LogP contribution < -0.4 is 0 Å². The number of nitrogens with zero attached hydrogens (tertiary/aromatic N) is 5. The number of rotatable bonds is 4. The first-order chi connectivity index (χ1) is 11.6. The zero-order valence-corrected chi connectivity index (χ0v) is 14.5. The van der Waals surface area contributed by atoms with Crippen LogP contribution in [0.2, 0.25) is 5.02 Å². The molecule has 1 aliphatic rings. The van der Waals surface area contributed by atoms with E-state index < -0.39 is 0 Å². The first-order valence-electron chi connectivity index (χ1n) is 8.02. The molecule has 2 aromatic heterocycles. The zero-order valence-electron chi connectivity index (χ0n) is 13.8. The van der Waals surface area contributed by atoms with Gasteiger partial charge < -0.3 is 9.64 Å². The molecule has 1 amide bonds. The fourth-order valence-electron chi connectivity index (χ4n) is 2.65. The maximum absolute atomic E-state index is 12.8. The van der Waals surface area contributed by atoms with Gasteiger partial charge in [0.25, 0.3) is 5.91 Å². The van der Waals surface area contributed by atoms with Crippen molar-refractivity contribution in [3.8, 4) is 0 Å². The molecule has 0 saturated carbocycles. The van der Waals surface area contributed by atoms with Gasteiger partial charge in [-0.25, -0.2) is 9.97 Å². The molecule has 128 valence electrons. The predicted molar refractivity (Wildman–Crippen MR) is 88.9 cm³/mol. The molecule has 0 unspecified atom stereocenters. The molecule has 3 rings (SSSR count). The van der Waals surface area contributed by atoms with Gasteiger partial charge in [-0.15, -0.1) is 0 Å². The van der Waals surface area contributed by atoms with E-state index in [1.54, 1.807) is 22.0 Å². The first-order valence-corrected chi connectivity index (χ1v) is 8.39. The number of hydrogen-bond acceptors (Lipinski definition) is 5. The summed E-state index contributed by atoms with van der Waals surface area (Å²) in [6.07, 6.45) is 3.99. The minimum absolute atomic E-state index is 0.184. The molecule has 2 aromatic rings. The van der Waals surface area contributed by atoms with Gasteiger partial charge in [0.05, 0.1) is 18.2 Å². The lowest BCUT2D eigenvalue weighted by Crippen LogP contribution is -2.43. The van der Waals surface area contributed by atoms with Gasteiger partial charge in [-0.3, -0.25) is 9.48 Å². The van der Waals surface area contributed by atoms with Crippen LogP contribution in [0.1, 0.15) is 41.5 Å². The SMILES string of the molecule is CCCn1cc(Cl)c(C(=O)N2CCO[C@@H](c3nccc(C)n3)C2)n1. The van der Waals surface area contributed by atoms with E-state index in [0.717, 1.165) is 18.7 Å². The Morgan fingerprint density at radius 2 is 2.33 bits per heavy atom. The second-order valence-electron chi connectivity index (χ2n) is 5.76. The Morgan fingerprint density at radius 1 is 1.50 bits per heavy atom. The topological polar surface area (TPSA) is 73.1 Å². The summed E-state index contributed by atoms with van der Waals surface area (Å²) in [4.78, 5) is 23.1. The molecular formula is C16H20ClN5O2. The van der Waals surface area contributed by atoms with Crippen LogP contribution in [0.25, 0.3) is 0 Å². The van der Waals surface area contributed by atoms with E-state index in [2.05, 4.69) is 15.1 Å². The van der Waals surface area contributed by atoms with Gasteiger partial charge >= 0.3 is 0 Å². The molecular weight excluding hydrogens is 330 g/mol. The minimum atomic E-state index is -0.334. The van der Waals surface area contributed by atoms with Crippen molar-refractivity contribution >= 4 is 17.5 Å². The minimum Gasteiger partial charge on any atom is -0.367 e. The summed E-state index contributed by atoms with van der Waals surface area (Å²) in [5.74, 6) is 0.408. The summed E-state index contributed by atoms with van der Waals surface area (Å²) < 4.78 is 7.44. The van der Waals surface area contributed by atoms with Crippen LogP contribution in [0.4, 0.5) is 0 Å². The van der Waals surface area contributed by atoms with Crippen LogP contribution in [0.3, 0.4) is 0 Å². The summed E-state index contributed by atoms with van der Waals surface area (Å²) in [6, 6.07) is 1.83. The smallest absolute Gasteiger partial charge is 0.276 e. The Morgan fingerprint density at radius 3 is 3.08 bits per heavy atom. The number of carbonyl (C=O) groups excluding carboxylic acids is 1. The van der Waals surface area contributed by atoms with E-state index in [1.165, 1.54) is 0 Å². The Balaban J connectivity index is 1.75. The highest BCUT2D eigenvalue weighted by Crippen LogP contribution is 2.22. The number of amides is 1. The molecule has 0 aliphatic carbocycles. The quantitative estimate of drug-likeness (QED) is 0.846. The summed E-state index contributed by atoms with van der Waals surface area (Å²) in [5.41, 5.74) is 1.16. The van der Waals surface area contributed by atoms with Gasteiger partial charge in [-0.1, -0.05) is 18.5 Å². The maximum atomic E-state index is 12.8. The first kappa shape index (κ1) is 16.9. The van der Waals surface area contributed by atoms with Crippen molar-refractivity contribution in [3.05, 3.63) is 40.7 Å². The number of halogens is 1. The number of hydrogen-bond donors (Lipinski definition) is 0. The third-order valence-electron chi connectivity index (χ3n) is 3.83. The van der Waals surface area contributed by atoms with Crippen LogP contribution in [0.5, 0.6) is 0 Å². The monoisotopic (exact) mass is 349 g/mol. The van der Waals surface area contributed by atoms with Crippen molar-refractivity contribution in [2.24, 2.45) is 0 Å². The summed E-state index contributed by atoms with van der Waals surface area (Å²) in [6.45, 7) is 6.00. The third-order valence-corrected chi connectivity index (χ3v) is 4.10. The highest BCUT2D eigenvalue weighted by molar-refractivity contribution is 6.33. The Bertz CT molecular complexity index is 733. The van der Waals surface area contributed by atoms with Gasteiger partial charge in [0.1, 0.15) is 6.10 Å². The van der Waals surface area contributed by atoms with Crippen LogP contribution in [-0.4, -0.2) is 50.3 Å². The molecule has 1 fully saturated rings. The molecule has 0 radical (unpaired) electrons. The molecule has 0 N–H and O–H groups in total. The molecule has 0 spiro atoms. The molecule has 1 atom stereocenters. The lowest BCUT2D eigenvalue weighted by Gasteiger charge is -2.31. The van der Waals surface area contributed by atoms with Crippen molar-refractivity contribution < 1.29 is 9.53 Å². The average Bonchev–Trinajstić information content (AvgIpc) is 2.95. The van der Waals surface area contributed by atoms with Crippen LogP contribution in [0.15, 0.2) is 18.5 Å². The number of aryl methyl sites for hydroxylation is 2. The fraction of sp³-hybridized carbons (Fsp3) is 0.500. The summed E-state index contributed by atoms with van der Waals surface area (Å²) >= 11 is 6.18. The molecule has 24 heavy (non-hydrogen) atoms. The maximum Gasteiger partial charge on any atom is 0.276 e. The van der Waals surface area contributed by atoms with E-state index in [4.69, 9.17) is 16.3 Å². The fourth-order valence-corrected chi connectivity index (χ4v) is 2.88. The highest BCUT2D eigenvalue weighted by Gasteiger charge is 2.30. The van der Waals surface area contributed by atoms with Crippen molar-refractivity contribution in [3.63, 3.8) is 0 Å². The van der Waals surface area contributed by atoms with Crippen molar-refractivity contribution in [1.29, 1.82) is 0 Å². The largest absolute Gasteiger partial charge is 0.367 e. The zero-order chi connectivity index (χ0) is 17.1. The second-order valence-corrected chi connectivity index (χ2v) is 6.16. The van der Waals surface area contributed by atoms with Gasteiger partial charge in [0, 0.05) is 31.2 Å². The normalized spacial score (nSPS) is 18.0. The summed E-state index contributed by atoms with van der Waals surface area (Å²) in [5, 5.41) is 4.69. The third kappa shape index (κ3) is 3.57. The Hall–Kier alpha value is -1.99. The van der Waals surface area contributed by atoms with E-state index >= 15 is 0 Å². The van der Waals surface area contributed by atoms with Crippen molar-refractivity contribution in [2.45, 2.75) is 32.9 Å². The van der Waals surface area contributed by atoms with Gasteiger partial charge in [-0.05, 0) is 19.4 Å². The molecule has 1 saturated heterocycles. The molecule has 1 aliphatic heterocycles. The standard InChI is InChI=1S/C16H20ClN5O2/c1-3-6-22-9-12(17)14(20-22)16(23)21-7-8-24-13(10-21)15-18-5-4-11(2)19-15/h4-5,9,13H,3,6-8,10H2,1-2H3/t13-/m1/s1. The Labute approximate surface area is 145 Å². The van der Waals surface area contributed by atoms with Gasteiger partial charge in [0.2, 0.25) is 0 Å². The van der Waals surface area contributed by atoms with Gasteiger partial charge in [-0.2, -0.15) is 5.10 Å². The molecule has 3 heterocycles. The van der Waals surface area contributed by atoms with Crippen molar-refractivity contribution in [2.75, 3.05) is 19.7 Å². The van der Waals surface area contributed by atoms with E-state index in [1.807, 2.05) is 19.9 Å². The van der Waals surface area contributed by atoms with E-state index in [0.29, 0.717) is 30.5 Å². The highest BCUT2D eigenvalue weighted by atomic mass is 35.5. The number of aromatic nitrogens is 4. The second kappa shape index (κ2) is 7.27.